The molecular weight excluding hydrogens is 196 g/mol. The van der Waals surface area contributed by atoms with Crippen LogP contribution in [0.3, 0.4) is 0 Å². The van der Waals surface area contributed by atoms with E-state index < -0.39 is 0 Å². The van der Waals surface area contributed by atoms with Crippen molar-refractivity contribution in [3.05, 3.63) is 11.6 Å². The van der Waals surface area contributed by atoms with Gasteiger partial charge in [-0.05, 0) is 54.8 Å². The first kappa shape index (κ1) is 10.8. The van der Waals surface area contributed by atoms with Gasteiger partial charge in [-0.25, -0.2) is 0 Å². The Kier molecular flexibility index (Phi) is 2.12. The van der Waals surface area contributed by atoms with Gasteiger partial charge in [0, 0.05) is 0 Å². The highest BCUT2D eigenvalue weighted by Gasteiger charge is 2.60. The lowest BCUT2D eigenvalue weighted by Gasteiger charge is -2.49. The molecule has 0 radical (unpaired) electrons. The van der Waals surface area contributed by atoms with Gasteiger partial charge >= 0.3 is 0 Å². The minimum Gasteiger partial charge on any atom is -0.393 e. The zero-order valence-corrected chi connectivity index (χ0v) is 10.9. The molecule has 0 aromatic carbocycles. The number of hydrogen-bond acceptors (Lipinski definition) is 1. The number of hydrogen-bond donors (Lipinski definition) is 1. The Labute approximate surface area is 98.9 Å². The molecule has 2 fully saturated rings. The highest BCUT2D eigenvalue weighted by Crippen LogP contribution is 2.64. The predicted molar refractivity (Wildman–Crippen MR) is 65.9 cm³/mol. The second-order valence-electron chi connectivity index (χ2n) is 7.00. The van der Waals surface area contributed by atoms with E-state index in [0.29, 0.717) is 0 Å². The fourth-order valence-corrected chi connectivity index (χ4v) is 5.10. The summed E-state index contributed by atoms with van der Waals surface area (Å²) in [6.07, 6.45) is 4.66. The van der Waals surface area contributed by atoms with Crippen molar-refractivity contribution in [2.45, 2.75) is 46.6 Å². The summed E-state index contributed by atoms with van der Waals surface area (Å²) >= 11 is 0. The van der Waals surface area contributed by atoms with Crippen LogP contribution in [-0.2, 0) is 0 Å². The topological polar surface area (TPSA) is 20.2 Å². The number of aliphatic hydroxyl groups excluding tert-OH is 1. The fraction of sp³-hybridized carbons (Fsp3) is 0.867. The Balaban J connectivity index is 2.08. The van der Waals surface area contributed by atoms with E-state index >= 15 is 0 Å². The number of rotatable bonds is 0. The van der Waals surface area contributed by atoms with Gasteiger partial charge < -0.3 is 5.11 Å². The molecule has 3 aliphatic rings. The van der Waals surface area contributed by atoms with Gasteiger partial charge in [0.25, 0.3) is 0 Å². The highest BCUT2D eigenvalue weighted by molar-refractivity contribution is 5.23. The summed E-state index contributed by atoms with van der Waals surface area (Å²) < 4.78 is 0. The molecule has 90 valence electrons. The SMILES string of the molecule is CC1=CC[C@H]2[C@@H](C)[C@@H]3C[C@@H](O)C(C)(C)[C@H]2[C@H]13. The second-order valence-corrected chi connectivity index (χ2v) is 7.00. The van der Waals surface area contributed by atoms with Crippen molar-refractivity contribution in [1.82, 2.24) is 0 Å². The highest BCUT2D eigenvalue weighted by atomic mass is 16.3. The van der Waals surface area contributed by atoms with Crippen LogP contribution in [0.1, 0.15) is 40.5 Å². The first-order valence-electron chi connectivity index (χ1n) is 6.79. The monoisotopic (exact) mass is 220 g/mol. The van der Waals surface area contributed by atoms with Crippen molar-refractivity contribution >= 4 is 0 Å². The van der Waals surface area contributed by atoms with Crippen molar-refractivity contribution in [3.63, 3.8) is 0 Å². The number of aliphatic hydroxyl groups is 1. The third-order valence-electron chi connectivity index (χ3n) is 6.11. The molecule has 1 N–H and O–H groups in total. The summed E-state index contributed by atoms with van der Waals surface area (Å²) in [5.74, 6) is 3.87. The van der Waals surface area contributed by atoms with Crippen LogP contribution in [0, 0.1) is 35.0 Å². The van der Waals surface area contributed by atoms with Crippen LogP contribution >= 0.6 is 0 Å². The molecule has 16 heavy (non-hydrogen) atoms. The zero-order chi connectivity index (χ0) is 11.7. The Hall–Kier alpha value is -0.300. The summed E-state index contributed by atoms with van der Waals surface area (Å²) in [6, 6.07) is 0. The molecule has 3 aliphatic carbocycles. The van der Waals surface area contributed by atoms with Crippen LogP contribution in [-0.4, -0.2) is 11.2 Å². The van der Waals surface area contributed by atoms with Crippen molar-refractivity contribution in [1.29, 1.82) is 0 Å². The molecule has 2 saturated carbocycles. The summed E-state index contributed by atoms with van der Waals surface area (Å²) in [4.78, 5) is 0. The molecule has 0 heterocycles. The van der Waals surface area contributed by atoms with E-state index in [1.807, 2.05) is 0 Å². The Bertz CT molecular complexity index is 341. The average molecular weight is 220 g/mol. The van der Waals surface area contributed by atoms with Crippen molar-refractivity contribution in [2.24, 2.45) is 35.0 Å². The second kappa shape index (κ2) is 3.13. The third kappa shape index (κ3) is 1.11. The fourth-order valence-electron chi connectivity index (χ4n) is 5.10. The van der Waals surface area contributed by atoms with Crippen LogP contribution in [0.5, 0.6) is 0 Å². The molecule has 6 atom stereocenters. The van der Waals surface area contributed by atoms with Gasteiger partial charge in [-0.1, -0.05) is 32.4 Å². The van der Waals surface area contributed by atoms with Crippen LogP contribution in [0.25, 0.3) is 0 Å². The van der Waals surface area contributed by atoms with E-state index in [2.05, 4.69) is 33.8 Å². The molecule has 0 aliphatic heterocycles. The number of allylic oxidation sites excluding steroid dienone is 2. The van der Waals surface area contributed by atoms with Crippen molar-refractivity contribution < 1.29 is 5.11 Å². The van der Waals surface area contributed by atoms with Gasteiger partial charge in [-0.3, -0.25) is 0 Å². The van der Waals surface area contributed by atoms with Gasteiger partial charge in [0.1, 0.15) is 0 Å². The molecule has 1 nitrogen and oxygen atoms in total. The van der Waals surface area contributed by atoms with Gasteiger partial charge in [0.15, 0.2) is 0 Å². The Morgan fingerprint density at radius 3 is 2.69 bits per heavy atom. The maximum atomic E-state index is 10.4. The van der Waals surface area contributed by atoms with Crippen molar-refractivity contribution in [2.75, 3.05) is 0 Å². The lowest BCUT2D eigenvalue weighted by Crippen LogP contribution is -2.47. The van der Waals surface area contributed by atoms with Crippen LogP contribution in [0.15, 0.2) is 11.6 Å². The molecule has 0 unspecified atom stereocenters. The largest absolute Gasteiger partial charge is 0.393 e. The molecule has 0 aromatic rings. The van der Waals surface area contributed by atoms with Crippen LogP contribution in [0.4, 0.5) is 0 Å². The maximum absolute atomic E-state index is 10.4. The van der Waals surface area contributed by atoms with Crippen LogP contribution < -0.4 is 0 Å². The van der Waals surface area contributed by atoms with E-state index in [1.54, 1.807) is 5.57 Å². The van der Waals surface area contributed by atoms with Crippen molar-refractivity contribution in [3.8, 4) is 0 Å². The quantitative estimate of drug-likeness (QED) is 0.621. The summed E-state index contributed by atoms with van der Waals surface area (Å²) in [5.41, 5.74) is 1.72. The minimum absolute atomic E-state index is 0.0860. The summed E-state index contributed by atoms with van der Waals surface area (Å²) in [7, 11) is 0. The van der Waals surface area contributed by atoms with Gasteiger partial charge in [0.05, 0.1) is 6.10 Å². The summed E-state index contributed by atoms with van der Waals surface area (Å²) in [6.45, 7) is 9.31. The Morgan fingerprint density at radius 2 is 2.00 bits per heavy atom. The maximum Gasteiger partial charge on any atom is 0.0597 e. The van der Waals surface area contributed by atoms with Gasteiger partial charge in [-0.2, -0.15) is 0 Å². The normalized spacial score (nSPS) is 53.7. The molecule has 3 rings (SSSR count). The van der Waals surface area contributed by atoms with E-state index in [9.17, 15) is 5.11 Å². The van der Waals surface area contributed by atoms with E-state index in [-0.39, 0.29) is 11.5 Å². The molecule has 1 heteroatoms. The van der Waals surface area contributed by atoms with Crippen LogP contribution in [0.2, 0.25) is 0 Å². The smallest absolute Gasteiger partial charge is 0.0597 e. The van der Waals surface area contributed by atoms with Gasteiger partial charge in [0.2, 0.25) is 0 Å². The standard InChI is InChI=1S/C15H24O/c1-8-5-6-10-9(2)11-7-12(16)15(3,4)14(10)13(8)11/h5,9-14,16H,6-7H2,1-4H3/t9-,10+,11+,12-,13-,14-/m1/s1. The summed E-state index contributed by atoms with van der Waals surface area (Å²) in [5, 5.41) is 10.4. The van der Waals surface area contributed by atoms with Gasteiger partial charge in [-0.15, -0.1) is 0 Å². The molecule has 0 aromatic heterocycles. The van der Waals surface area contributed by atoms with E-state index in [1.165, 1.54) is 6.42 Å². The van der Waals surface area contributed by atoms with E-state index in [4.69, 9.17) is 0 Å². The first-order chi connectivity index (χ1) is 7.44. The molecule has 0 spiro atoms. The lowest BCUT2D eigenvalue weighted by molar-refractivity contribution is -0.0598. The molecule has 4 bridgehead atoms. The lowest BCUT2D eigenvalue weighted by atomic mass is 9.57. The predicted octanol–water partition coefficient (Wildman–Crippen LogP) is 3.24. The van der Waals surface area contributed by atoms with E-state index in [0.717, 1.165) is 36.0 Å². The average Bonchev–Trinajstić information content (AvgIpc) is 2.40. The molecule has 0 amide bonds. The minimum atomic E-state index is -0.0860. The molecular formula is C15H24O. The third-order valence-corrected chi connectivity index (χ3v) is 6.11. The zero-order valence-electron chi connectivity index (χ0n) is 10.9. The molecule has 0 saturated heterocycles. The Morgan fingerprint density at radius 1 is 1.31 bits per heavy atom. The first-order valence-corrected chi connectivity index (χ1v) is 6.79.